The van der Waals surface area contributed by atoms with E-state index in [9.17, 15) is 13.2 Å². The third-order valence-electron chi connectivity index (χ3n) is 4.55. The van der Waals surface area contributed by atoms with Crippen molar-refractivity contribution in [2.75, 3.05) is 22.0 Å². The number of carbonyl (C=O) groups is 1. The van der Waals surface area contributed by atoms with Crippen molar-refractivity contribution in [2.45, 2.75) is 13.5 Å². The van der Waals surface area contributed by atoms with E-state index < -0.39 is 10.0 Å². The average molecular weight is 488 g/mol. The van der Waals surface area contributed by atoms with E-state index in [2.05, 4.69) is 20.9 Å². The van der Waals surface area contributed by atoms with Gasteiger partial charge in [-0.05, 0) is 55.0 Å². The Labute approximate surface area is 185 Å². The van der Waals surface area contributed by atoms with E-state index in [-0.39, 0.29) is 19.0 Å². The summed E-state index contributed by atoms with van der Waals surface area (Å²) in [6, 6.07) is 19.9. The quantitative estimate of drug-likeness (QED) is 0.501. The van der Waals surface area contributed by atoms with E-state index in [0.29, 0.717) is 17.1 Å². The fourth-order valence-corrected chi connectivity index (χ4v) is 4.20. The fourth-order valence-electron chi connectivity index (χ4n) is 3.03. The molecule has 6 nitrogen and oxygen atoms in total. The highest BCUT2D eigenvalue weighted by molar-refractivity contribution is 9.10. The summed E-state index contributed by atoms with van der Waals surface area (Å²) in [6.45, 7) is 1.73. The molecule has 1 amide bonds. The number of hydrogen-bond acceptors (Lipinski definition) is 4. The van der Waals surface area contributed by atoms with Crippen LogP contribution in [0.4, 0.5) is 11.4 Å². The lowest BCUT2D eigenvalue weighted by Crippen LogP contribution is -2.43. The largest absolute Gasteiger partial charge is 0.305 e. The minimum atomic E-state index is -3.67. The topological polar surface area (TPSA) is 70.6 Å². The molecular formula is C22H22BrN3O3S. The van der Waals surface area contributed by atoms with Gasteiger partial charge in [0.15, 0.2) is 0 Å². The van der Waals surface area contributed by atoms with Gasteiger partial charge in [-0.1, -0.05) is 40.2 Å². The Balaban J connectivity index is 1.96. The van der Waals surface area contributed by atoms with E-state index in [4.69, 9.17) is 0 Å². The summed E-state index contributed by atoms with van der Waals surface area (Å²) in [5.41, 5.74) is 2.63. The first-order valence-electron chi connectivity index (χ1n) is 9.25. The molecule has 1 aromatic heterocycles. The molecule has 0 aliphatic carbocycles. The van der Waals surface area contributed by atoms with Gasteiger partial charge in [-0.2, -0.15) is 0 Å². The first-order valence-corrected chi connectivity index (χ1v) is 11.9. The maximum Gasteiger partial charge on any atom is 0.248 e. The zero-order chi connectivity index (χ0) is 21.7. The number of para-hydroxylation sites is 1. The average Bonchev–Trinajstić information content (AvgIpc) is 2.71. The van der Waals surface area contributed by atoms with Crippen molar-refractivity contribution in [3.05, 3.63) is 88.7 Å². The van der Waals surface area contributed by atoms with Gasteiger partial charge in [-0.25, -0.2) is 8.42 Å². The Kier molecular flexibility index (Phi) is 6.89. The van der Waals surface area contributed by atoms with Crippen molar-refractivity contribution in [2.24, 2.45) is 0 Å². The van der Waals surface area contributed by atoms with Crippen LogP contribution in [0, 0.1) is 6.92 Å². The molecule has 0 aliphatic rings. The van der Waals surface area contributed by atoms with Crippen LogP contribution < -0.4 is 9.21 Å². The van der Waals surface area contributed by atoms with Crippen LogP contribution in [0.15, 0.2) is 77.4 Å². The molecule has 156 valence electrons. The van der Waals surface area contributed by atoms with Crippen LogP contribution in [-0.2, 0) is 21.4 Å². The summed E-state index contributed by atoms with van der Waals surface area (Å²) in [5, 5.41) is 0. The molecule has 3 aromatic rings. The van der Waals surface area contributed by atoms with Crippen LogP contribution in [-0.4, -0.2) is 32.1 Å². The van der Waals surface area contributed by atoms with Crippen LogP contribution >= 0.6 is 15.9 Å². The normalized spacial score (nSPS) is 11.2. The van der Waals surface area contributed by atoms with Crippen LogP contribution in [0.2, 0.25) is 0 Å². The Bertz CT molecular complexity index is 1120. The predicted octanol–water partition coefficient (Wildman–Crippen LogP) is 4.15. The highest BCUT2D eigenvalue weighted by Gasteiger charge is 2.26. The maximum atomic E-state index is 13.4. The molecule has 0 atom stereocenters. The summed E-state index contributed by atoms with van der Waals surface area (Å²) < 4.78 is 27.1. The molecule has 0 aliphatic heterocycles. The second-order valence-electron chi connectivity index (χ2n) is 6.83. The van der Waals surface area contributed by atoms with Gasteiger partial charge in [0.05, 0.1) is 24.2 Å². The second kappa shape index (κ2) is 9.40. The van der Waals surface area contributed by atoms with Crippen LogP contribution in [0.3, 0.4) is 0 Å². The molecule has 8 heteroatoms. The molecule has 2 aromatic carbocycles. The molecule has 0 N–H and O–H groups in total. The Morgan fingerprint density at radius 3 is 2.27 bits per heavy atom. The summed E-state index contributed by atoms with van der Waals surface area (Å²) in [4.78, 5) is 19.2. The van der Waals surface area contributed by atoms with Gasteiger partial charge < -0.3 is 4.90 Å². The van der Waals surface area contributed by atoms with Crippen LogP contribution in [0.25, 0.3) is 0 Å². The van der Waals surface area contributed by atoms with Crippen molar-refractivity contribution in [3.8, 4) is 0 Å². The van der Waals surface area contributed by atoms with Gasteiger partial charge in [0.25, 0.3) is 0 Å². The predicted molar refractivity (Wildman–Crippen MR) is 123 cm³/mol. The van der Waals surface area contributed by atoms with Crippen molar-refractivity contribution >= 4 is 43.2 Å². The highest BCUT2D eigenvalue weighted by Crippen LogP contribution is 2.24. The molecule has 0 saturated carbocycles. The standard InChI is InChI=1S/C22H22BrN3O3S/c1-17-7-3-4-9-21(17)26(30(2,28)29)16-22(27)25(15-19-8-5-6-14-24-19)20-12-10-18(23)11-13-20/h3-14H,15-16H2,1-2H3. The Morgan fingerprint density at radius 1 is 1.00 bits per heavy atom. The minimum Gasteiger partial charge on any atom is -0.305 e. The highest BCUT2D eigenvalue weighted by atomic mass is 79.9. The molecule has 1 heterocycles. The zero-order valence-corrected chi connectivity index (χ0v) is 19.1. The van der Waals surface area contributed by atoms with Gasteiger partial charge in [0, 0.05) is 16.4 Å². The number of hydrogen-bond donors (Lipinski definition) is 0. The molecule has 0 bridgehead atoms. The maximum absolute atomic E-state index is 13.4. The summed E-state index contributed by atoms with van der Waals surface area (Å²) in [6.07, 6.45) is 2.77. The van der Waals surface area contributed by atoms with Gasteiger partial charge in [-0.3, -0.25) is 14.1 Å². The lowest BCUT2D eigenvalue weighted by Gasteiger charge is -2.28. The first-order chi connectivity index (χ1) is 14.3. The number of carbonyl (C=O) groups excluding carboxylic acids is 1. The number of amides is 1. The molecule has 0 unspecified atom stereocenters. The number of halogens is 1. The van der Waals surface area contributed by atoms with E-state index in [1.54, 1.807) is 29.3 Å². The summed E-state index contributed by atoms with van der Waals surface area (Å²) >= 11 is 3.40. The number of benzene rings is 2. The van der Waals surface area contributed by atoms with E-state index in [1.165, 1.54) is 0 Å². The number of anilines is 2. The third-order valence-corrected chi connectivity index (χ3v) is 6.20. The fraction of sp³-hybridized carbons (Fsp3) is 0.182. The number of sulfonamides is 1. The van der Waals surface area contributed by atoms with Crippen LogP contribution in [0.1, 0.15) is 11.3 Å². The van der Waals surface area contributed by atoms with Crippen molar-refractivity contribution in [3.63, 3.8) is 0 Å². The van der Waals surface area contributed by atoms with E-state index in [0.717, 1.165) is 20.6 Å². The van der Waals surface area contributed by atoms with Gasteiger partial charge >= 0.3 is 0 Å². The smallest absolute Gasteiger partial charge is 0.248 e. The molecule has 0 radical (unpaired) electrons. The number of nitrogens with zero attached hydrogens (tertiary/aromatic N) is 3. The van der Waals surface area contributed by atoms with Crippen LogP contribution in [0.5, 0.6) is 0 Å². The monoisotopic (exact) mass is 487 g/mol. The van der Waals surface area contributed by atoms with Crippen molar-refractivity contribution in [1.29, 1.82) is 0 Å². The zero-order valence-electron chi connectivity index (χ0n) is 16.7. The molecule has 0 saturated heterocycles. The number of aryl methyl sites for hydroxylation is 1. The van der Waals surface area contributed by atoms with Crippen molar-refractivity contribution in [1.82, 2.24) is 4.98 Å². The number of pyridine rings is 1. The Hall–Kier alpha value is -2.71. The van der Waals surface area contributed by atoms with Gasteiger partial charge in [0.1, 0.15) is 6.54 Å². The lowest BCUT2D eigenvalue weighted by atomic mass is 10.2. The molecule has 30 heavy (non-hydrogen) atoms. The number of aromatic nitrogens is 1. The van der Waals surface area contributed by atoms with E-state index in [1.807, 2.05) is 55.5 Å². The number of rotatable bonds is 7. The summed E-state index contributed by atoms with van der Waals surface area (Å²) in [5.74, 6) is -0.350. The SMILES string of the molecule is Cc1ccccc1N(CC(=O)N(Cc1ccccn1)c1ccc(Br)cc1)S(C)(=O)=O. The van der Waals surface area contributed by atoms with Crippen molar-refractivity contribution < 1.29 is 13.2 Å². The second-order valence-corrected chi connectivity index (χ2v) is 9.66. The summed E-state index contributed by atoms with van der Waals surface area (Å²) in [7, 11) is -3.67. The molecular weight excluding hydrogens is 466 g/mol. The third kappa shape index (κ3) is 5.46. The van der Waals surface area contributed by atoms with E-state index >= 15 is 0 Å². The Morgan fingerprint density at radius 2 is 1.67 bits per heavy atom. The van der Waals surface area contributed by atoms with Gasteiger partial charge in [-0.15, -0.1) is 0 Å². The first kappa shape index (κ1) is 22.0. The molecule has 0 spiro atoms. The molecule has 3 rings (SSSR count). The van der Waals surface area contributed by atoms with Gasteiger partial charge in [0.2, 0.25) is 15.9 Å². The minimum absolute atomic E-state index is 0.229. The lowest BCUT2D eigenvalue weighted by molar-refractivity contribution is -0.117. The molecule has 0 fully saturated rings.